The number of nitrogens with zero attached hydrogens (tertiary/aromatic N) is 1. The molecule has 0 amide bonds. The predicted molar refractivity (Wildman–Crippen MR) is 49.9 cm³/mol. The van der Waals surface area contributed by atoms with Crippen LogP contribution in [0.15, 0.2) is 0 Å². The molecule has 11 heavy (non-hydrogen) atoms. The lowest BCUT2D eigenvalue weighted by Crippen LogP contribution is -2.55. The SMILES string of the molecule is CCC[N+](N)(CCC)CCC. The van der Waals surface area contributed by atoms with Crippen molar-refractivity contribution in [1.82, 2.24) is 0 Å². The first kappa shape index (κ1) is 10.9. The van der Waals surface area contributed by atoms with Crippen LogP contribution in [0.3, 0.4) is 0 Å². The minimum absolute atomic E-state index is 0.781. The van der Waals surface area contributed by atoms with E-state index in [4.69, 9.17) is 5.84 Å². The Hall–Kier alpha value is -0.0800. The second-order valence-corrected chi connectivity index (χ2v) is 3.39. The first-order valence-electron chi connectivity index (χ1n) is 4.83. The minimum Gasteiger partial charge on any atom is -0.248 e. The summed E-state index contributed by atoms with van der Waals surface area (Å²) in [6.45, 7) is 9.98. The van der Waals surface area contributed by atoms with Crippen LogP contribution in [0.1, 0.15) is 40.0 Å². The smallest absolute Gasteiger partial charge is 0.0957 e. The molecule has 0 aromatic carbocycles. The van der Waals surface area contributed by atoms with Gasteiger partial charge in [-0.05, 0) is 19.3 Å². The lowest BCUT2D eigenvalue weighted by atomic mass is 10.3. The molecule has 0 saturated carbocycles. The van der Waals surface area contributed by atoms with Crippen molar-refractivity contribution in [3.63, 3.8) is 0 Å². The summed E-state index contributed by atoms with van der Waals surface area (Å²) in [4.78, 5) is 0. The van der Waals surface area contributed by atoms with Crippen LogP contribution < -0.4 is 5.84 Å². The van der Waals surface area contributed by atoms with Gasteiger partial charge >= 0.3 is 0 Å². The second-order valence-electron chi connectivity index (χ2n) is 3.39. The van der Waals surface area contributed by atoms with Gasteiger partial charge in [-0.15, -0.1) is 0 Å². The average molecular weight is 159 g/mol. The summed E-state index contributed by atoms with van der Waals surface area (Å²) in [7, 11) is 0. The molecule has 0 aliphatic rings. The maximum absolute atomic E-state index is 6.17. The first-order chi connectivity index (χ1) is 5.18. The lowest BCUT2D eigenvalue weighted by Gasteiger charge is -2.31. The molecular formula is C9H23N2+. The van der Waals surface area contributed by atoms with Gasteiger partial charge in [0.15, 0.2) is 0 Å². The van der Waals surface area contributed by atoms with E-state index >= 15 is 0 Å². The van der Waals surface area contributed by atoms with E-state index in [1.54, 1.807) is 0 Å². The summed E-state index contributed by atoms with van der Waals surface area (Å²) < 4.78 is 0.781. The fourth-order valence-corrected chi connectivity index (χ4v) is 1.67. The molecule has 0 radical (unpaired) electrons. The van der Waals surface area contributed by atoms with E-state index in [-0.39, 0.29) is 0 Å². The van der Waals surface area contributed by atoms with Crippen molar-refractivity contribution in [2.75, 3.05) is 19.6 Å². The summed E-state index contributed by atoms with van der Waals surface area (Å²) in [5, 5.41) is 0. The standard InChI is InChI=1S/C9H23N2/c1-4-7-11(10,8-5-2)9-6-3/h4-10H2,1-3H3/q+1. The van der Waals surface area contributed by atoms with Gasteiger partial charge in [-0.25, -0.2) is 4.59 Å². The lowest BCUT2D eigenvalue weighted by molar-refractivity contribution is -0.940. The van der Waals surface area contributed by atoms with Gasteiger partial charge in [0.05, 0.1) is 19.6 Å². The number of quaternary nitrogens is 1. The third-order valence-electron chi connectivity index (χ3n) is 2.01. The van der Waals surface area contributed by atoms with E-state index in [2.05, 4.69) is 20.8 Å². The molecule has 0 aliphatic carbocycles. The molecule has 0 bridgehead atoms. The van der Waals surface area contributed by atoms with Crippen LogP contribution in [-0.2, 0) is 0 Å². The van der Waals surface area contributed by atoms with Crippen molar-refractivity contribution in [2.45, 2.75) is 40.0 Å². The Morgan fingerprint density at radius 1 is 0.818 bits per heavy atom. The molecule has 2 heteroatoms. The highest BCUT2D eigenvalue weighted by Gasteiger charge is 2.18. The Bertz CT molecular complexity index is 74.5. The molecule has 0 unspecified atom stereocenters. The van der Waals surface area contributed by atoms with Gasteiger partial charge in [-0.1, -0.05) is 20.8 Å². The minimum atomic E-state index is 0.781. The average Bonchev–Trinajstić information content (AvgIpc) is 1.88. The summed E-state index contributed by atoms with van der Waals surface area (Å²) in [6.07, 6.45) is 3.57. The van der Waals surface area contributed by atoms with Gasteiger partial charge in [-0.3, -0.25) is 0 Å². The Labute approximate surface area is 70.9 Å². The fourth-order valence-electron chi connectivity index (χ4n) is 1.67. The van der Waals surface area contributed by atoms with E-state index in [9.17, 15) is 0 Å². The van der Waals surface area contributed by atoms with Gasteiger partial charge in [-0.2, -0.15) is 5.84 Å². The van der Waals surface area contributed by atoms with Crippen LogP contribution in [0.5, 0.6) is 0 Å². The molecule has 0 atom stereocenters. The third kappa shape index (κ3) is 4.38. The molecule has 0 aromatic heterocycles. The number of hydrogen-bond acceptors (Lipinski definition) is 1. The van der Waals surface area contributed by atoms with Gasteiger partial charge in [0.2, 0.25) is 0 Å². The van der Waals surface area contributed by atoms with E-state index < -0.39 is 0 Å². The molecule has 0 aromatic rings. The molecule has 0 heterocycles. The molecule has 0 saturated heterocycles. The van der Waals surface area contributed by atoms with Crippen molar-refractivity contribution in [3.8, 4) is 0 Å². The maximum atomic E-state index is 6.17. The molecule has 68 valence electrons. The highest BCUT2D eigenvalue weighted by atomic mass is 15.6. The molecule has 0 rings (SSSR count). The van der Waals surface area contributed by atoms with E-state index in [1.165, 1.54) is 19.3 Å². The normalized spacial score (nSPS) is 12.0. The van der Waals surface area contributed by atoms with Gasteiger partial charge in [0.1, 0.15) is 0 Å². The van der Waals surface area contributed by atoms with Crippen LogP contribution in [0, 0.1) is 0 Å². The van der Waals surface area contributed by atoms with Crippen LogP contribution in [0.2, 0.25) is 0 Å². The Morgan fingerprint density at radius 2 is 1.09 bits per heavy atom. The zero-order valence-corrected chi connectivity index (χ0v) is 8.27. The zero-order chi connectivity index (χ0) is 8.74. The van der Waals surface area contributed by atoms with Crippen molar-refractivity contribution in [2.24, 2.45) is 5.84 Å². The number of hydrogen-bond donors (Lipinski definition) is 1. The topological polar surface area (TPSA) is 26.0 Å². The third-order valence-corrected chi connectivity index (χ3v) is 2.01. The molecule has 0 aliphatic heterocycles. The van der Waals surface area contributed by atoms with Crippen molar-refractivity contribution in [3.05, 3.63) is 0 Å². The Morgan fingerprint density at radius 3 is 1.27 bits per heavy atom. The van der Waals surface area contributed by atoms with E-state index in [0.29, 0.717) is 0 Å². The first-order valence-corrected chi connectivity index (χ1v) is 4.83. The predicted octanol–water partition coefficient (Wildman–Crippen LogP) is 1.91. The summed E-state index contributed by atoms with van der Waals surface area (Å²) in [5.41, 5.74) is 0. The van der Waals surface area contributed by atoms with Crippen molar-refractivity contribution >= 4 is 0 Å². The Balaban J connectivity index is 3.79. The number of rotatable bonds is 6. The van der Waals surface area contributed by atoms with Gasteiger partial charge < -0.3 is 0 Å². The van der Waals surface area contributed by atoms with Crippen LogP contribution in [0.4, 0.5) is 0 Å². The fraction of sp³-hybridized carbons (Fsp3) is 1.00. The van der Waals surface area contributed by atoms with Gasteiger partial charge in [0.25, 0.3) is 0 Å². The monoisotopic (exact) mass is 159 g/mol. The molecule has 2 nitrogen and oxygen atoms in total. The Kier molecular flexibility index (Phi) is 5.51. The van der Waals surface area contributed by atoms with Crippen LogP contribution in [-0.4, -0.2) is 24.2 Å². The summed E-state index contributed by atoms with van der Waals surface area (Å²) in [5.74, 6) is 6.17. The molecular weight excluding hydrogens is 136 g/mol. The summed E-state index contributed by atoms with van der Waals surface area (Å²) in [6, 6.07) is 0. The quantitative estimate of drug-likeness (QED) is 0.357. The summed E-state index contributed by atoms with van der Waals surface area (Å²) >= 11 is 0. The molecule has 0 fully saturated rings. The zero-order valence-electron chi connectivity index (χ0n) is 8.27. The van der Waals surface area contributed by atoms with E-state index in [1.807, 2.05) is 0 Å². The van der Waals surface area contributed by atoms with Crippen LogP contribution in [0.25, 0.3) is 0 Å². The molecule has 2 N–H and O–H groups in total. The second kappa shape index (κ2) is 5.56. The molecule has 0 spiro atoms. The highest BCUT2D eigenvalue weighted by Crippen LogP contribution is 2.03. The number of nitrogens with two attached hydrogens (primary N) is 1. The van der Waals surface area contributed by atoms with Gasteiger partial charge in [0, 0.05) is 0 Å². The highest BCUT2D eigenvalue weighted by molar-refractivity contribution is 4.36. The van der Waals surface area contributed by atoms with Crippen molar-refractivity contribution < 1.29 is 4.59 Å². The largest absolute Gasteiger partial charge is 0.248 e. The van der Waals surface area contributed by atoms with Crippen LogP contribution >= 0.6 is 0 Å². The maximum Gasteiger partial charge on any atom is 0.0957 e. The van der Waals surface area contributed by atoms with Crippen molar-refractivity contribution in [1.29, 1.82) is 0 Å². The van der Waals surface area contributed by atoms with E-state index in [0.717, 1.165) is 24.2 Å².